The molecule has 1 heterocycles. The summed E-state index contributed by atoms with van der Waals surface area (Å²) in [7, 11) is 0. The van der Waals surface area contributed by atoms with Crippen molar-refractivity contribution in [3.63, 3.8) is 0 Å². The largest absolute Gasteiger partial charge is 0.325 e. The van der Waals surface area contributed by atoms with Gasteiger partial charge in [0.1, 0.15) is 0 Å². The molecular weight excluding hydrogens is 174 g/mol. The molecule has 74 valence electrons. The van der Waals surface area contributed by atoms with Gasteiger partial charge in [0.05, 0.1) is 0 Å². The Morgan fingerprint density at radius 2 is 2.07 bits per heavy atom. The molecule has 1 aliphatic heterocycles. The average molecular weight is 189 g/mol. The van der Waals surface area contributed by atoms with Crippen LogP contribution >= 0.6 is 0 Å². The van der Waals surface area contributed by atoms with Gasteiger partial charge in [-0.2, -0.15) is 0 Å². The summed E-state index contributed by atoms with van der Waals surface area (Å²) in [5.74, 6) is 0.121. The molecule has 0 spiro atoms. The van der Waals surface area contributed by atoms with Gasteiger partial charge in [-0.3, -0.25) is 4.79 Å². The van der Waals surface area contributed by atoms with E-state index in [0.717, 1.165) is 12.1 Å². The molecule has 0 atom stereocenters. The lowest BCUT2D eigenvalue weighted by Crippen LogP contribution is -2.37. The first-order valence-corrected chi connectivity index (χ1v) is 4.90. The van der Waals surface area contributed by atoms with Gasteiger partial charge in [0, 0.05) is 11.1 Å². The van der Waals surface area contributed by atoms with Crippen LogP contribution in [0.1, 0.15) is 25.0 Å². The molecule has 0 saturated carbocycles. The summed E-state index contributed by atoms with van der Waals surface area (Å²) in [5.41, 5.74) is 3.13. The second-order valence-corrected chi connectivity index (χ2v) is 4.68. The fraction of sp³-hybridized carbons (Fsp3) is 0.417. The van der Waals surface area contributed by atoms with Crippen molar-refractivity contribution in [3.8, 4) is 0 Å². The van der Waals surface area contributed by atoms with Crippen molar-refractivity contribution < 1.29 is 4.79 Å². The first-order chi connectivity index (χ1) is 6.49. The number of rotatable bonds is 0. The first-order valence-electron chi connectivity index (χ1n) is 4.90. The molecule has 0 fully saturated rings. The Bertz CT molecular complexity index is 393. The van der Waals surface area contributed by atoms with Crippen molar-refractivity contribution in [2.45, 2.75) is 27.2 Å². The quantitative estimate of drug-likeness (QED) is 0.667. The Kier molecular flexibility index (Phi) is 1.88. The van der Waals surface area contributed by atoms with Crippen LogP contribution in [0.25, 0.3) is 0 Å². The molecule has 2 rings (SSSR count). The third kappa shape index (κ3) is 1.41. The monoisotopic (exact) mass is 189 g/mol. The molecule has 0 aromatic heterocycles. The molecule has 0 saturated heterocycles. The van der Waals surface area contributed by atoms with E-state index in [2.05, 4.69) is 17.4 Å². The van der Waals surface area contributed by atoms with Crippen LogP contribution in [-0.2, 0) is 11.2 Å². The predicted molar refractivity (Wildman–Crippen MR) is 57.3 cm³/mol. The SMILES string of the molecule is Cc1ccc2c(c1)NC(=O)C(C)(C)C2. The van der Waals surface area contributed by atoms with Gasteiger partial charge >= 0.3 is 0 Å². The number of hydrogen-bond donors (Lipinski definition) is 1. The fourth-order valence-corrected chi connectivity index (χ4v) is 1.81. The van der Waals surface area contributed by atoms with E-state index < -0.39 is 0 Å². The Morgan fingerprint density at radius 3 is 2.79 bits per heavy atom. The molecule has 14 heavy (non-hydrogen) atoms. The van der Waals surface area contributed by atoms with Gasteiger partial charge in [-0.1, -0.05) is 26.0 Å². The first kappa shape index (κ1) is 9.25. The third-order valence-corrected chi connectivity index (χ3v) is 2.76. The van der Waals surface area contributed by atoms with Crippen molar-refractivity contribution >= 4 is 11.6 Å². The van der Waals surface area contributed by atoms with Crippen LogP contribution in [0.5, 0.6) is 0 Å². The van der Waals surface area contributed by atoms with E-state index in [0.29, 0.717) is 0 Å². The topological polar surface area (TPSA) is 29.1 Å². The van der Waals surface area contributed by atoms with E-state index in [-0.39, 0.29) is 11.3 Å². The van der Waals surface area contributed by atoms with Gasteiger partial charge in [-0.15, -0.1) is 0 Å². The molecule has 1 aliphatic rings. The van der Waals surface area contributed by atoms with E-state index in [1.54, 1.807) is 0 Å². The van der Waals surface area contributed by atoms with E-state index in [9.17, 15) is 4.79 Å². The molecular formula is C12H15NO. The molecule has 1 amide bonds. The normalized spacial score (nSPS) is 18.6. The van der Waals surface area contributed by atoms with Crippen molar-refractivity contribution in [2.24, 2.45) is 5.41 Å². The lowest BCUT2D eigenvalue weighted by Gasteiger charge is -2.30. The summed E-state index contributed by atoms with van der Waals surface area (Å²) in [4.78, 5) is 11.7. The van der Waals surface area contributed by atoms with E-state index >= 15 is 0 Å². The fourth-order valence-electron chi connectivity index (χ4n) is 1.81. The second-order valence-electron chi connectivity index (χ2n) is 4.68. The number of carbonyl (C=O) groups excluding carboxylic acids is 1. The summed E-state index contributed by atoms with van der Waals surface area (Å²) < 4.78 is 0. The smallest absolute Gasteiger partial charge is 0.230 e. The van der Waals surface area contributed by atoms with Gasteiger partial charge in [0.2, 0.25) is 5.91 Å². The van der Waals surface area contributed by atoms with Crippen molar-refractivity contribution in [1.29, 1.82) is 0 Å². The Morgan fingerprint density at radius 1 is 1.36 bits per heavy atom. The minimum absolute atomic E-state index is 0.121. The van der Waals surface area contributed by atoms with Crippen molar-refractivity contribution in [2.75, 3.05) is 5.32 Å². The van der Waals surface area contributed by atoms with Crippen LogP contribution in [0.15, 0.2) is 18.2 Å². The maximum atomic E-state index is 11.7. The van der Waals surface area contributed by atoms with Crippen molar-refractivity contribution in [3.05, 3.63) is 29.3 Å². The van der Waals surface area contributed by atoms with Gasteiger partial charge in [-0.25, -0.2) is 0 Å². The second kappa shape index (κ2) is 2.84. The van der Waals surface area contributed by atoms with E-state index in [4.69, 9.17) is 0 Å². The summed E-state index contributed by atoms with van der Waals surface area (Å²) in [6.45, 7) is 5.99. The summed E-state index contributed by atoms with van der Waals surface area (Å²) in [6.07, 6.45) is 0.828. The van der Waals surface area contributed by atoms with E-state index in [1.165, 1.54) is 11.1 Å². The zero-order valence-electron chi connectivity index (χ0n) is 8.85. The molecule has 1 N–H and O–H groups in total. The molecule has 0 radical (unpaired) electrons. The van der Waals surface area contributed by atoms with Crippen LogP contribution in [0.3, 0.4) is 0 Å². The Balaban J connectivity index is 2.46. The zero-order valence-corrected chi connectivity index (χ0v) is 8.85. The summed E-state index contributed by atoms with van der Waals surface area (Å²) in [5, 5.41) is 2.95. The maximum absolute atomic E-state index is 11.7. The standard InChI is InChI=1S/C12H15NO/c1-8-4-5-9-7-12(2,3)11(14)13-10(9)6-8/h4-6H,7H2,1-3H3,(H,13,14). The van der Waals surface area contributed by atoms with Crippen LogP contribution in [-0.4, -0.2) is 5.91 Å². The maximum Gasteiger partial charge on any atom is 0.230 e. The van der Waals surface area contributed by atoms with Gasteiger partial charge in [0.15, 0.2) is 0 Å². The number of hydrogen-bond acceptors (Lipinski definition) is 1. The molecule has 1 aromatic rings. The number of nitrogens with one attached hydrogen (secondary N) is 1. The summed E-state index contributed by atoms with van der Waals surface area (Å²) >= 11 is 0. The summed E-state index contributed by atoms with van der Waals surface area (Å²) in [6, 6.07) is 6.22. The molecule has 0 aliphatic carbocycles. The van der Waals surface area contributed by atoms with Crippen LogP contribution in [0, 0.1) is 12.3 Å². The highest BCUT2D eigenvalue weighted by molar-refractivity contribution is 5.98. The average Bonchev–Trinajstić information content (AvgIpc) is 2.08. The number of benzene rings is 1. The van der Waals surface area contributed by atoms with Gasteiger partial charge in [-0.05, 0) is 30.5 Å². The number of carbonyl (C=O) groups is 1. The Labute approximate surface area is 84.3 Å². The minimum Gasteiger partial charge on any atom is -0.325 e. The molecule has 0 unspecified atom stereocenters. The lowest BCUT2D eigenvalue weighted by molar-refractivity contribution is -0.124. The van der Waals surface area contributed by atoms with Crippen LogP contribution < -0.4 is 5.32 Å². The van der Waals surface area contributed by atoms with Crippen LogP contribution in [0.2, 0.25) is 0 Å². The van der Waals surface area contributed by atoms with Crippen molar-refractivity contribution in [1.82, 2.24) is 0 Å². The molecule has 1 aromatic carbocycles. The molecule has 0 bridgehead atoms. The highest BCUT2D eigenvalue weighted by Crippen LogP contribution is 2.33. The predicted octanol–water partition coefficient (Wildman–Crippen LogP) is 2.52. The van der Waals surface area contributed by atoms with Gasteiger partial charge in [0.25, 0.3) is 0 Å². The van der Waals surface area contributed by atoms with Crippen LogP contribution in [0.4, 0.5) is 5.69 Å². The highest BCUT2D eigenvalue weighted by atomic mass is 16.2. The molecule has 2 heteroatoms. The number of anilines is 1. The van der Waals surface area contributed by atoms with Gasteiger partial charge < -0.3 is 5.32 Å². The minimum atomic E-state index is -0.276. The number of fused-ring (bicyclic) bond motifs is 1. The van der Waals surface area contributed by atoms with E-state index in [1.807, 2.05) is 26.8 Å². The lowest BCUT2D eigenvalue weighted by atomic mass is 9.81. The number of amides is 1. The number of aryl methyl sites for hydroxylation is 1. The Hall–Kier alpha value is -1.31. The third-order valence-electron chi connectivity index (χ3n) is 2.76. The highest BCUT2D eigenvalue weighted by Gasteiger charge is 2.33. The zero-order chi connectivity index (χ0) is 10.3. The molecule has 2 nitrogen and oxygen atoms in total.